The first-order chi connectivity index (χ1) is 23.7. The molecule has 0 aliphatic carbocycles. The number of likely N-dealkylation sites (tertiary alicyclic amines) is 1. The van der Waals surface area contributed by atoms with Crippen molar-refractivity contribution in [1.82, 2.24) is 20.1 Å². The molecule has 258 valence electrons. The second kappa shape index (κ2) is 17.8. The summed E-state index contributed by atoms with van der Waals surface area (Å²) in [5.41, 5.74) is 15.4. The molecule has 0 saturated carbocycles. The van der Waals surface area contributed by atoms with Crippen LogP contribution < -0.4 is 27.4 Å². The van der Waals surface area contributed by atoms with Crippen LogP contribution in [-0.4, -0.2) is 59.1 Å². The van der Waals surface area contributed by atoms with Crippen LogP contribution in [0.5, 0.6) is 0 Å². The standard InChI is InChI=1S/C37H42FN5O3.CH3NO/c1-25-19-31(38)28(20-30(25)23-43(24-44)35-16-17-36(45)41-37(35)46)8-5-3-4-7-26-10-12-27(13-11-26)14-15-32-29(22-39)21-33(40-32)34-9-6-18-42(34)2;2-1-3/h10-13,15,19-22,24,34-35,40H,3-4,6-7,9,14,16-18,23,39H2,1-2H3,(H,41,45,46);1H,(H2,2,3)/b29-22-,32-15+;. The lowest BCUT2D eigenvalue weighted by Crippen LogP contribution is -2.51. The van der Waals surface area contributed by atoms with Crippen LogP contribution in [0, 0.1) is 24.6 Å². The maximum absolute atomic E-state index is 14.7. The second-order valence-electron chi connectivity index (χ2n) is 12.4. The molecule has 4 amide bonds. The number of aromatic nitrogens is 1. The number of carbonyl (C=O) groups is 4. The Kier molecular flexibility index (Phi) is 13.3. The number of H-pyrrole nitrogens is 1. The Hall–Kier alpha value is -5.21. The first kappa shape index (κ1) is 36.6. The lowest BCUT2D eigenvalue weighted by atomic mass is 10.0. The van der Waals surface area contributed by atoms with Gasteiger partial charge in [0.25, 0.3) is 0 Å². The van der Waals surface area contributed by atoms with Crippen molar-refractivity contribution in [2.24, 2.45) is 11.5 Å². The SMILES string of the molecule is Cc1cc(F)c(C#CCCCc2ccc(C/C=c3/[nH]c(C4CCCN4C)c/c3=C/N)cc2)cc1CN(C=O)C1CCC(=O)NC1=O.NC=O. The molecule has 11 heteroatoms. The zero-order valence-electron chi connectivity index (χ0n) is 28.1. The van der Waals surface area contributed by atoms with Crippen LogP contribution in [0.25, 0.3) is 12.3 Å². The van der Waals surface area contributed by atoms with Crippen LogP contribution >= 0.6 is 0 Å². The molecular formula is C38H45FN6O4. The third-order valence-electron chi connectivity index (χ3n) is 9.04. The largest absolute Gasteiger partial charge is 0.404 e. The van der Waals surface area contributed by atoms with Gasteiger partial charge in [0.1, 0.15) is 11.9 Å². The van der Waals surface area contributed by atoms with Crippen LogP contribution in [0.3, 0.4) is 0 Å². The van der Waals surface area contributed by atoms with Crippen LogP contribution in [0.2, 0.25) is 0 Å². The highest BCUT2D eigenvalue weighted by atomic mass is 19.1. The molecule has 5 rings (SSSR count). The van der Waals surface area contributed by atoms with E-state index in [4.69, 9.17) is 10.5 Å². The van der Waals surface area contributed by atoms with Crippen molar-refractivity contribution >= 4 is 36.9 Å². The number of carbonyl (C=O) groups excluding carboxylic acids is 4. The van der Waals surface area contributed by atoms with Crippen LogP contribution in [0.15, 0.2) is 42.5 Å². The maximum atomic E-state index is 14.7. The summed E-state index contributed by atoms with van der Waals surface area (Å²) < 4.78 is 14.7. The van der Waals surface area contributed by atoms with Gasteiger partial charge in [0.05, 0.1) is 5.56 Å². The van der Waals surface area contributed by atoms with E-state index in [1.165, 1.54) is 34.2 Å². The number of amides is 4. The van der Waals surface area contributed by atoms with Crippen molar-refractivity contribution in [1.29, 1.82) is 0 Å². The first-order valence-corrected chi connectivity index (χ1v) is 16.5. The zero-order chi connectivity index (χ0) is 35.3. The number of piperidine rings is 1. The Morgan fingerprint density at radius 2 is 1.82 bits per heavy atom. The fraction of sp³-hybridized carbons (Fsp3) is 0.368. The fourth-order valence-electron chi connectivity index (χ4n) is 6.30. The Bertz CT molecular complexity index is 1820. The van der Waals surface area contributed by atoms with Crippen LogP contribution in [0.4, 0.5) is 4.39 Å². The molecule has 3 heterocycles. The summed E-state index contributed by atoms with van der Waals surface area (Å²) in [5, 5.41) is 4.37. The quantitative estimate of drug-likeness (QED) is 0.112. The molecule has 49 heavy (non-hydrogen) atoms. The van der Waals surface area contributed by atoms with Crippen molar-refractivity contribution in [3.05, 3.63) is 92.4 Å². The summed E-state index contributed by atoms with van der Waals surface area (Å²) >= 11 is 0. The van der Waals surface area contributed by atoms with Gasteiger partial charge in [-0.05, 0) is 99.5 Å². The van der Waals surface area contributed by atoms with Crippen LogP contribution in [0.1, 0.15) is 78.1 Å². The molecule has 2 fully saturated rings. The van der Waals surface area contributed by atoms with Gasteiger partial charge in [-0.25, -0.2) is 4.39 Å². The van der Waals surface area contributed by atoms with Gasteiger partial charge >= 0.3 is 0 Å². The third kappa shape index (κ3) is 9.90. The van der Waals surface area contributed by atoms with E-state index in [2.05, 4.69) is 76.2 Å². The highest BCUT2D eigenvalue weighted by molar-refractivity contribution is 6.00. The molecule has 2 aliphatic rings. The highest BCUT2D eigenvalue weighted by Gasteiger charge is 2.31. The van der Waals surface area contributed by atoms with E-state index in [1.54, 1.807) is 19.2 Å². The van der Waals surface area contributed by atoms with E-state index in [1.807, 2.05) is 0 Å². The minimum atomic E-state index is -0.736. The molecule has 0 radical (unpaired) electrons. The van der Waals surface area contributed by atoms with Crippen molar-refractivity contribution in [3.8, 4) is 11.8 Å². The van der Waals surface area contributed by atoms with E-state index in [-0.39, 0.29) is 37.3 Å². The molecule has 2 aliphatic heterocycles. The topological polar surface area (TPSA) is 155 Å². The minimum Gasteiger partial charge on any atom is -0.404 e. The second-order valence-corrected chi connectivity index (χ2v) is 12.4. The van der Waals surface area contributed by atoms with Gasteiger partial charge in [-0.1, -0.05) is 42.2 Å². The zero-order valence-corrected chi connectivity index (χ0v) is 28.1. The van der Waals surface area contributed by atoms with Gasteiger partial charge in [-0.2, -0.15) is 0 Å². The summed E-state index contributed by atoms with van der Waals surface area (Å²) in [4.78, 5) is 51.4. The average molecular weight is 669 g/mol. The highest BCUT2D eigenvalue weighted by Crippen LogP contribution is 2.27. The molecule has 2 saturated heterocycles. The first-order valence-electron chi connectivity index (χ1n) is 16.5. The lowest BCUT2D eigenvalue weighted by Gasteiger charge is -2.30. The summed E-state index contributed by atoms with van der Waals surface area (Å²) in [7, 11) is 2.17. The van der Waals surface area contributed by atoms with Gasteiger partial charge in [-0.3, -0.25) is 29.4 Å². The normalized spacial score (nSPS) is 18.3. The number of aromatic amines is 1. The maximum Gasteiger partial charge on any atom is 0.249 e. The number of nitrogens with zero attached hydrogens (tertiary/aromatic N) is 2. The van der Waals surface area contributed by atoms with E-state index in [0.717, 1.165) is 42.8 Å². The molecule has 2 atom stereocenters. The number of nitrogens with one attached hydrogen (secondary N) is 2. The number of imide groups is 1. The van der Waals surface area contributed by atoms with Crippen molar-refractivity contribution < 1.29 is 23.6 Å². The van der Waals surface area contributed by atoms with E-state index in [9.17, 15) is 18.8 Å². The molecule has 0 bridgehead atoms. The molecular weight excluding hydrogens is 623 g/mol. The molecule has 2 aromatic carbocycles. The Morgan fingerprint density at radius 3 is 2.47 bits per heavy atom. The molecule has 3 aromatic rings. The number of benzene rings is 2. The summed E-state index contributed by atoms with van der Waals surface area (Å²) in [6.45, 7) is 3.00. The van der Waals surface area contributed by atoms with Crippen molar-refractivity contribution in [2.75, 3.05) is 13.6 Å². The number of hydrogen-bond acceptors (Lipinski definition) is 6. The molecule has 0 spiro atoms. The third-order valence-corrected chi connectivity index (χ3v) is 9.04. The van der Waals surface area contributed by atoms with Gasteiger partial charge in [0.15, 0.2) is 0 Å². The van der Waals surface area contributed by atoms with Gasteiger partial charge in [0, 0.05) is 47.9 Å². The van der Waals surface area contributed by atoms with Gasteiger partial charge in [-0.15, -0.1) is 0 Å². The lowest BCUT2D eigenvalue weighted by molar-refractivity contribution is -0.141. The molecule has 2 unspecified atom stereocenters. The van der Waals surface area contributed by atoms with Gasteiger partial charge < -0.3 is 21.4 Å². The number of primary amides is 1. The monoisotopic (exact) mass is 668 g/mol. The van der Waals surface area contributed by atoms with Crippen LogP contribution in [-0.2, 0) is 38.6 Å². The summed E-state index contributed by atoms with van der Waals surface area (Å²) in [6, 6.07) is 13.5. The summed E-state index contributed by atoms with van der Waals surface area (Å²) in [6.07, 6.45) is 10.6. The fourth-order valence-corrected chi connectivity index (χ4v) is 6.30. The molecule has 6 N–H and O–H groups in total. The molecule has 10 nitrogen and oxygen atoms in total. The molecule has 1 aromatic heterocycles. The van der Waals surface area contributed by atoms with Crippen molar-refractivity contribution in [3.63, 3.8) is 0 Å². The predicted molar refractivity (Wildman–Crippen MR) is 187 cm³/mol. The number of aryl methyl sites for hydroxylation is 2. The van der Waals surface area contributed by atoms with Crippen molar-refractivity contribution in [2.45, 2.75) is 76.9 Å². The van der Waals surface area contributed by atoms with Gasteiger partial charge in [0.2, 0.25) is 24.6 Å². The van der Waals surface area contributed by atoms with E-state index >= 15 is 0 Å². The number of nitrogens with two attached hydrogens (primary N) is 2. The average Bonchev–Trinajstić information content (AvgIpc) is 3.70. The van der Waals surface area contributed by atoms with E-state index < -0.39 is 17.8 Å². The Balaban J connectivity index is 0.00000174. The predicted octanol–water partition coefficient (Wildman–Crippen LogP) is 2.19. The number of halogens is 1. The minimum absolute atomic E-state index is 0.126. The van der Waals surface area contributed by atoms with E-state index in [0.29, 0.717) is 30.0 Å². The Labute approximate surface area is 286 Å². The number of unbranched alkanes of at least 4 members (excludes halogenated alkanes) is 1. The number of rotatable bonds is 10. The number of hydrogen-bond donors (Lipinski definition) is 4. The smallest absolute Gasteiger partial charge is 0.249 e. The summed E-state index contributed by atoms with van der Waals surface area (Å²) in [5.74, 6) is 4.78. The Morgan fingerprint density at radius 1 is 1.08 bits per heavy atom.